The summed E-state index contributed by atoms with van der Waals surface area (Å²) >= 11 is 0. The number of hydrogen-bond donors (Lipinski definition) is 1. The molecule has 1 amide bonds. The van der Waals surface area contributed by atoms with Gasteiger partial charge in [0.05, 0.1) is 18.6 Å². The molecule has 3 rings (SSSR count). The molecule has 174 valence electrons. The molecule has 1 N–H and O–H groups in total. The van der Waals surface area contributed by atoms with E-state index in [0.717, 1.165) is 35.8 Å². The first-order chi connectivity index (χ1) is 15.3. The van der Waals surface area contributed by atoms with Crippen LogP contribution in [0.25, 0.3) is 0 Å². The Morgan fingerprint density at radius 1 is 1.09 bits per heavy atom. The van der Waals surface area contributed by atoms with Gasteiger partial charge in [-0.25, -0.2) is 8.42 Å². The first kappa shape index (κ1) is 24.1. The average Bonchev–Trinajstić information content (AvgIpc) is 3.26. The summed E-state index contributed by atoms with van der Waals surface area (Å²) in [7, 11) is -3.67. The summed E-state index contributed by atoms with van der Waals surface area (Å²) in [5.41, 5.74) is 2.66. The van der Waals surface area contributed by atoms with Crippen LogP contribution < -0.4 is 14.4 Å². The molecule has 0 aliphatic carbocycles. The number of hydrogen-bond acceptors (Lipinski definition) is 5. The Hall–Kier alpha value is -2.58. The quantitative estimate of drug-likeness (QED) is 0.591. The molecule has 2 aromatic carbocycles. The third kappa shape index (κ3) is 6.23. The van der Waals surface area contributed by atoms with Crippen molar-refractivity contribution in [2.24, 2.45) is 0 Å². The number of nitrogens with one attached hydrogen (secondary N) is 1. The van der Waals surface area contributed by atoms with Crippen LogP contribution in [0.1, 0.15) is 37.8 Å². The molecule has 0 radical (unpaired) electrons. The zero-order chi connectivity index (χ0) is 23.1. The molecule has 1 saturated heterocycles. The summed E-state index contributed by atoms with van der Waals surface area (Å²) in [6, 6.07) is 13.9. The molecule has 0 spiro atoms. The van der Waals surface area contributed by atoms with E-state index in [1.807, 2.05) is 25.1 Å². The van der Waals surface area contributed by atoms with Crippen molar-refractivity contribution in [1.82, 2.24) is 10.2 Å². The van der Waals surface area contributed by atoms with Gasteiger partial charge in [-0.05, 0) is 75.2 Å². The van der Waals surface area contributed by atoms with Gasteiger partial charge < -0.3 is 10.1 Å². The van der Waals surface area contributed by atoms with Gasteiger partial charge in [-0.2, -0.15) is 0 Å². The predicted molar refractivity (Wildman–Crippen MR) is 127 cm³/mol. The van der Waals surface area contributed by atoms with Gasteiger partial charge in [0.25, 0.3) is 0 Å². The van der Waals surface area contributed by atoms with E-state index in [0.29, 0.717) is 24.6 Å². The van der Waals surface area contributed by atoms with Gasteiger partial charge >= 0.3 is 0 Å². The lowest BCUT2D eigenvalue weighted by atomic mass is 10.1. The number of sulfonamides is 1. The Balaban J connectivity index is 1.70. The Bertz CT molecular complexity index is 1000. The number of ether oxygens (including phenoxy) is 1. The van der Waals surface area contributed by atoms with Crippen LogP contribution in [0.2, 0.25) is 0 Å². The SMILES string of the molecule is CCOc1ccc(N([C@@H](C)C(=O)NCc2ccccc2CN2CCCC2)S(C)(=O)=O)cc1. The van der Waals surface area contributed by atoms with Crippen LogP contribution in [0.3, 0.4) is 0 Å². The standard InChI is InChI=1S/C24H33N3O4S/c1-4-31-23-13-11-22(12-14-23)27(32(3,29)30)19(2)24(28)25-17-20-9-5-6-10-21(20)18-26-15-7-8-16-26/h5-6,9-14,19H,4,7-8,15-18H2,1-3H3,(H,25,28)/t19-/m0/s1. The van der Waals surface area contributed by atoms with Crippen LogP contribution in [-0.4, -0.2) is 51.2 Å². The minimum absolute atomic E-state index is 0.347. The molecule has 1 heterocycles. The molecular weight excluding hydrogens is 426 g/mol. The molecule has 0 saturated carbocycles. The number of rotatable bonds is 10. The van der Waals surface area contributed by atoms with E-state index < -0.39 is 16.1 Å². The van der Waals surface area contributed by atoms with Crippen LogP contribution in [0.4, 0.5) is 5.69 Å². The molecule has 8 heteroatoms. The average molecular weight is 460 g/mol. The van der Waals surface area contributed by atoms with Gasteiger partial charge in [0, 0.05) is 13.1 Å². The van der Waals surface area contributed by atoms with Crippen molar-refractivity contribution in [3.05, 3.63) is 59.7 Å². The first-order valence-electron chi connectivity index (χ1n) is 11.1. The van der Waals surface area contributed by atoms with Gasteiger partial charge in [-0.15, -0.1) is 0 Å². The van der Waals surface area contributed by atoms with E-state index in [2.05, 4.69) is 16.3 Å². The Morgan fingerprint density at radius 2 is 1.72 bits per heavy atom. The monoisotopic (exact) mass is 459 g/mol. The molecule has 1 fully saturated rings. The lowest BCUT2D eigenvalue weighted by molar-refractivity contribution is -0.122. The van der Waals surface area contributed by atoms with Crippen molar-refractivity contribution in [2.75, 3.05) is 30.3 Å². The molecular formula is C24H33N3O4S. The van der Waals surface area contributed by atoms with Crippen molar-refractivity contribution in [3.8, 4) is 5.75 Å². The maximum atomic E-state index is 13.0. The largest absolute Gasteiger partial charge is 0.494 e. The fraction of sp³-hybridized carbons (Fsp3) is 0.458. The molecule has 32 heavy (non-hydrogen) atoms. The second-order valence-electron chi connectivity index (χ2n) is 8.13. The third-order valence-corrected chi connectivity index (χ3v) is 6.90. The second kappa shape index (κ2) is 10.8. The molecule has 1 aliphatic rings. The number of carbonyl (C=O) groups is 1. The lowest BCUT2D eigenvalue weighted by Gasteiger charge is -2.28. The van der Waals surface area contributed by atoms with Gasteiger partial charge in [0.15, 0.2) is 0 Å². The number of likely N-dealkylation sites (tertiary alicyclic amines) is 1. The second-order valence-corrected chi connectivity index (χ2v) is 9.99. The summed E-state index contributed by atoms with van der Waals surface area (Å²) in [6.45, 7) is 7.42. The highest BCUT2D eigenvalue weighted by Gasteiger charge is 2.29. The maximum Gasteiger partial charge on any atom is 0.243 e. The summed E-state index contributed by atoms with van der Waals surface area (Å²) in [5, 5.41) is 2.93. The van der Waals surface area contributed by atoms with E-state index in [4.69, 9.17) is 4.74 Å². The Morgan fingerprint density at radius 3 is 2.31 bits per heavy atom. The highest BCUT2D eigenvalue weighted by Crippen LogP contribution is 2.24. The fourth-order valence-electron chi connectivity index (χ4n) is 4.06. The summed E-state index contributed by atoms with van der Waals surface area (Å²) in [6.07, 6.45) is 3.56. The van der Waals surface area contributed by atoms with Crippen LogP contribution in [-0.2, 0) is 27.9 Å². The van der Waals surface area contributed by atoms with Crippen molar-refractivity contribution in [1.29, 1.82) is 0 Å². The van der Waals surface area contributed by atoms with E-state index in [1.165, 1.54) is 18.4 Å². The Kier molecular flexibility index (Phi) is 8.15. The van der Waals surface area contributed by atoms with Gasteiger partial charge in [0.1, 0.15) is 11.8 Å². The minimum Gasteiger partial charge on any atom is -0.494 e. The minimum atomic E-state index is -3.67. The molecule has 0 unspecified atom stereocenters. The lowest BCUT2D eigenvalue weighted by Crippen LogP contribution is -2.47. The third-order valence-electron chi connectivity index (χ3n) is 5.65. The number of anilines is 1. The highest BCUT2D eigenvalue weighted by atomic mass is 32.2. The smallest absolute Gasteiger partial charge is 0.243 e. The highest BCUT2D eigenvalue weighted by molar-refractivity contribution is 7.92. The number of nitrogens with zero attached hydrogens (tertiary/aromatic N) is 2. The van der Waals surface area contributed by atoms with Crippen molar-refractivity contribution >= 4 is 21.6 Å². The van der Waals surface area contributed by atoms with Gasteiger partial charge in [-0.3, -0.25) is 14.0 Å². The van der Waals surface area contributed by atoms with Gasteiger partial charge in [0.2, 0.25) is 15.9 Å². The van der Waals surface area contributed by atoms with E-state index >= 15 is 0 Å². The zero-order valence-electron chi connectivity index (χ0n) is 19.1. The normalized spacial score (nSPS) is 15.3. The molecule has 7 nitrogen and oxygen atoms in total. The van der Waals surface area contributed by atoms with Crippen molar-refractivity contribution in [3.63, 3.8) is 0 Å². The Labute approximate surface area is 191 Å². The molecule has 1 aliphatic heterocycles. The van der Waals surface area contributed by atoms with E-state index in [-0.39, 0.29) is 5.91 Å². The number of benzene rings is 2. The zero-order valence-corrected chi connectivity index (χ0v) is 19.9. The van der Waals surface area contributed by atoms with Crippen LogP contribution in [0.15, 0.2) is 48.5 Å². The van der Waals surface area contributed by atoms with Crippen LogP contribution in [0.5, 0.6) is 5.75 Å². The van der Waals surface area contributed by atoms with Gasteiger partial charge in [-0.1, -0.05) is 24.3 Å². The van der Waals surface area contributed by atoms with Crippen LogP contribution >= 0.6 is 0 Å². The molecule has 0 aromatic heterocycles. The van der Waals surface area contributed by atoms with E-state index in [1.54, 1.807) is 31.2 Å². The van der Waals surface area contributed by atoms with Crippen LogP contribution in [0, 0.1) is 0 Å². The predicted octanol–water partition coefficient (Wildman–Crippen LogP) is 3.15. The first-order valence-corrected chi connectivity index (χ1v) is 12.9. The van der Waals surface area contributed by atoms with E-state index in [9.17, 15) is 13.2 Å². The van der Waals surface area contributed by atoms with Crippen molar-refractivity contribution < 1.29 is 17.9 Å². The summed E-state index contributed by atoms with van der Waals surface area (Å²) < 4.78 is 31.6. The number of carbonyl (C=O) groups excluding carboxylic acids is 1. The van der Waals surface area contributed by atoms with Crippen molar-refractivity contribution in [2.45, 2.75) is 45.8 Å². The molecule has 0 bridgehead atoms. The molecule has 1 atom stereocenters. The maximum absolute atomic E-state index is 13.0. The fourth-order valence-corrected chi connectivity index (χ4v) is 5.24. The number of amides is 1. The topological polar surface area (TPSA) is 79.0 Å². The summed E-state index contributed by atoms with van der Waals surface area (Å²) in [4.78, 5) is 15.4. The molecule has 2 aromatic rings. The summed E-state index contributed by atoms with van der Waals surface area (Å²) in [5.74, 6) is 0.303.